The molecule has 1 saturated carbocycles. The molecule has 3 N–H and O–H groups in total. The van der Waals surface area contributed by atoms with Gasteiger partial charge in [0.2, 0.25) is 11.8 Å². The summed E-state index contributed by atoms with van der Waals surface area (Å²) in [5, 5.41) is 16.6. The van der Waals surface area contributed by atoms with Gasteiger partial charge < -0.3 is 39.4 Å². The molecule has 2 saturated heterocycles. The van der Waals surface area contributed by atoms with Crippen LogP contribution in [0.3, 0.4) is 0 Å². The lowest BCUT2D eigenvalue weighted by Gasteiger charge is -2.30. The van der Waals surface area contributed by atoms with Gasteiger partial charge in [-0.15, -0.1) is 0 Å². The number of rotatable bonds is 6. The number of hydrogen-bond donors (Lipinski definition) is 3. The highest BCUT2D eigenvalue weighted by atomic mass is 16.6. The Balaban J connectivity index is 1.33. The Kier molecular flexibility index (Phi) is 9.95. The second kappa shape index (κ2) is 14.2. The molecule has 3 aliphatic rings. The van der Waals surface area contributed by atoms with Crippen LogP contribution in [0.15, 0.2) is 48.8 Å². The predicted octanol–water partition coefficient (Wildman–Crippen LogP) is 4.98. The zero-order valence-electron chi connectivity index (χ0n) is 29.1. The van der Waals surface area contributed by atoms with Gasteiger partial charge in [-0.1, -0.05) is 32.1 Å². The third-order valence-electron chi connectivity index (χ3n) is 9.84. The maximum Gasteiger partial charge on any atom is 0.408 e. The fourth-order valence-electron chi connectivity index (χ4n) is 7.19. The molecule has 13 nitrogen and oxygen atoms in total. The van der Waals surface area contributed by atoms with Gasteiger partial charge >= 0.3 is 12.1 Å². The van der Waals surface area contributed by atoms with E-state index in [4.69, 9.17) is 19.2 Å². The third kappa shape index (κ3) is 7.66. The summed E-state index contributed by atoms with van der Waals surface area (Å²) < 4.78 is 19.4. The lowest BCUT2D eigenvalue weighted by atomic mass is 10.0. The summed E-state index contributed by atoms with van der Waals surface area (Å²) in [6, 6.07) is 9.11. The van der Waals surface area contributed by atoms with Gasteiger partial charge in [0.15, 0.2) is 0 Å². The molecule has 13 heteroatoms. The average molecular weight is 690 g/mol. The number of fused-ring (bicyclic) bond motifs is 3. The number of aliphatic carboxylic acids is 1. The van der Waals surface area contributed by atoms with Crippen molar-refractivity contribution in [2.45, 2.75) is 108 Å². The molecule has 2 aromatic heterocycles. The minimum Gasteiger partial charge on any atom is -0.497 e. The van der Waals surface area contributed by atoms with Crippen molar-refractivity contribution in [3.8, 4) is 17.3 Å². The third-order valence-corrected chi connectivity index (χ3v) is 9.84. The number of hydrogen-bond acceptors (Lipinski definition) is 8. The van der Waals surface area contributed by atoms with Crippen LogP contribution >= 0.6 is 0 Å². The van der Waals surface area contributed by atoms with Crippen LogP contribution in [0.1, 0.15) is 78.6 Å². The van der Waals surface area contributed by atoms with Crippen LogP contribution in [0.2, 0.25) is 0 Å². The average Bonchev–Trinajstić information content (AvgIpc) is 3.38. The van der Waals surface area contributed by atoms with Gasteiger partial charge in [0.25, 0.3) is 0 Å². The molecule has 3 amide bonds. The van der Waals surface area contributed by atoms with Gasteiger partial charge in [-0.2, -0.15) is 0 Å². The quantitative estimate of drug-likeness (QED) is 0.324. The molecule has 0 radical (unpaired) electrons. The van der Waals surface area contributed by atoms with Crippen molar-refractivity contribution < 1.29 is 38.5 Å². The number of nitrogens with one attached hydrogen (secondary N) is 2. The van der Waals surface area contributed by atoms with E-state index in [-0.39, 0.29) is 18.9 Å². The molecule has 2 aliphatic heterocycles. The van der Waals surface area contributed by atoms with E-state index in [9.17, 15) is 24.3 Å². The van der Waals surface area contributed by atoms with Crippen LogP contribution in [0.25, 0.3) is 16.7 Å². The molecule has 3 aromatic rings. The highest BCUT2D eigenvalue weighted by Gasteiger charge is 2.62. The number of ether oxygens (including phenoxy) is 3. The van der Waals surface area contributed by atoms with Gasteiger partial charge in [-0.25, -0.2) is 14.6 Å². The fourth-order valence-corrected chi connectivity index (χ4v) is 7.19. The maximum absolute atomic E-state index is 14.4. The molecular formula is C37H47N5O8. The van der Waals surface area contributed by atoms with E-state index in [1.807, 2.05) is 53.4 Å². The van der Waals surface area contributed by atoms with Crippen molar-refractivity contribution >= 4 is 34.8 Å². The molecule has 4 heterocycles. The smallest absolute Gasteiger partial charge is 0.408 e. The van der Waals surface area contributed by atoms with Crippen molar-refractivity contribution in [3.63, 3.8) is 0 Å². The van der Waals surface area contributed by atoms with Crippen LogP contribution in [-0.2, 0) is 19.1 Å². The van der Waals surface area contributed by atoms with E-state index in [2.05, 4.69) is 10.6 Å². The lowest BCUT2D eigenvalue weighted by molar-refractivity contribution is -0.146. The van der Waals surface area contributed by atoms with Crippen molar-refractivity contribution in [1.82, 2.24) is 25.1 Å². The van der Waals surface area contributed by atoms with Crippen LogP contribution in [0.5, 0.6) is 11.5 Å². The zero-order chi connectivity index (χ0) is 35.6. The van der Waals surface area contributed by atoms with Gasteiger partial charge in [0.1, 0.15) is 46.6 Å². The summed E-state index contributed by atoms with van der Waals surface area (Å²) in [4.78, 5) is 60.1. The number of carbonyl (C=O) groups excluding carboxylic acids is 3. The molecule has 5 atom stereocenters. The summed E-state index contributed by atoms with van der Waals surface area (Å²) in [7, 11) is 1.58. The number of nitrogens with zero attached hydrogens (tertiary/aromatic N) is 3. The van der Waals surface area contributed by atoms with Crippen LogP contribution in [0, 0.1) is 5.92 Å². The van der Waals surface area contributed by atoms with E-state index in [1.165, 1.54) is 4.90 Å². The summed E-state index contributed by atoms with van der Waals surface area (Å²) in [5.41, 5.74) is -1.49. The number of benzene rings is 1. The predicted molar refractivity (Wildman–Crippen MR) is 184 cm³/mol. The van der Waals surface area contributed by atoms with E-state index in [0.717, 1.165) is 31.1 Å². The monoisotopic (exact) mass is 689 g/mol. The molecular weight excluding hydrogens is 642 g/mol. The van der Waals surface area contributed by atoms with E-state index < -0.39 is 53.2 Å². The van der Waals surface area contributed by atoms with Gasteiger partial charge in [0, 0.05) is 36.3 Å². The van der Waals surface area contributed by atoms with Crippen LogP contribution in [0.4, 0.5) is 4.79 Å². The Bertz CT molecular complexity index is 1740. The SMILES string of the molecule is COc1ccc2c(O[C@@H]3CC4C(=O)NC5(C(=O)O)CC5CCCCCCCC(NC(=O)OC(C)(C)C)C(=O)N4C3)cc(-n3cccc3)nc2c1. The van der Waals surface area contributed by atoms with Gasteiger partial charge in [-0.3, -0.25) is 9.59 Å². The Labute approximate surface area is 291 Å². The maximum atomic E-state index is 14.4. The Hall–Kier alpha value is -4.81. The van der Waals surface area contributed by atoms with Crippen LogP contribution in [-0.4, -0.2) is 86.4 Å². The first kappa shape index (κ1) is 35.0. The molecule has 0 bridgehead atoms. The van der Waals surface area contributed by atoms with Crippen molar-refractivity contribution in [2.24, 2.45) is 5.92 Å². The second-order valence-electron chi connectivity index (χ2n) is 14.6. The molecule has 1 aromatic carbocycles. The van der Waals surface area contributed by atoms with Crippen molar-refractivity contribution in [1.29, 1.82) is 0 Å². The number of pyridine rings is 1. The second-order valence-corrected chi connectivity index (χ2v) is 14.6. The normalized spacial score (nSPS) is 26.1. The van der Waals surface area contributed by atoms with Crippen molar-refractivity contribution in [2.75, 3.05) is 13.7 Å². The summed E-state index contributed by atoms with van der Waals surface area (Å²) >= 11 is 0. The highest BCUT2D eigenvalue weighted by molar-refractivity contribution is 5.96. The first-order valence-corrected chi connectivity index (χ1v) is 17.5. The Morgan fingerprint density at radius 3 is 2.46 bits per heavy atom. The Morgan fingerprint density at radius 1 is 1.04 bits per heavy atom. The van der Waals surface area contributed by atoms with E-state index >= 15 is 0 Å². The highest BCUT2D eigenvalue weighted by Crippen LogP contribution is 2.47. The number of carbonyl (C=O) groups is 4. The molecule has 1 aliphatic carbocycles. The van der Waals surface area contributed by atoms with Crippen LogP contribution < -0.4 is 20.1 Å². The number of carboxylic acid groups (broad SMARTS) is 1. The molecule has 3 fully saturated rings. The molecule has 0 spiro atoms. The summed E-state index contributed by atoms with van der Waals surface area (Å²) in [5.74, 6) is -0.468. The van der Waals surface area contributed by atoms with Gasteiger partial charge in [-0.05, 0) is 70.2 Å². The molecule has 50 heavy (non-hydrogen) atoms. The summed E-state index contributed by atoms with van der Waals surface area (Å²) in [6.07, 6.45) is 8.19. The molecule has 268 valence electrons. The minimum absolute atomic E-state index is 0.0474. The number of alkyl carbamates (subject to hydrolysis) is 1. The van der Waals surface area contributed by atoms with E-state index in [0.29, 0.717) is 48.5 Å². The Morgan fingerprint density at radius 2 is 1.76 bits per heavy atom. The van der Waals surface area contributed by atoms with Crippen molar-refractivity contribution in [3.05, 3.63) is 48.8 Å². The van der Waals surface area contributed by atoms with E-state index in [1.54, 1.807) is 27.9 Å². The number of methoxy groups -OCH3 is 1. The largest absolute Gasteiger partial charge is 0.497 e. The topological polar surface area (TPSA) is 161 Å². The number of carboxylic acids is 1. The number of amides is 3. The zero-order valence-corrected chi connectivity index (χ0v) is 29.1. The number of aromatic nitrogens is 2. The standard InChI is InChI=1S/C37H47N5O8/c1-36(2,3)50-35(47)39-27-13-9-7-5-6-8-12-23-21-37(23,34(45)46)40-32(43)29-19-25(22-42(29)33(27)44)49-30-20-31(41-16-10-11-17-41)38-28-18-24(48-4)14-15-26(28)30/h10-11,14-18,20,23,25,27,29H,5-9,12-13,19,21-22H2,1-4H3,(H,39,47)(H,40,43)(H,45,46)/t23?,25-,27?,29?,37?/m1/s1. The van der Waals surface area contributed by atoms with Gasteiger partial charge in [0.05, 0.1) is 19.2 Å². The molecule has 4 unspecified atom stereocenters. The summed E-state index contributed by atoms with van der Waals surface area (Å²) in [6.45, 7) is 5.29. The minimum atomic E-state index is -1.36. The lowest BCUT2D eigenvalue weighted by Crippen LogP contribution is -2.56. The first-order valence-electron chi connectivity index (χ1n) is 17.5. The first-order chi connectivity index (χ1) is 23.9. The molecule has 6 rings (SSSR count). The fraction of sp³-hybridized carbons (Fsp3) is 0.541.